The van der Waals surface area contributed by atoms with E-state index in [0.29, 0.717) is 16.3 Å². The van der Waals surface area contributed by atoms with Crippen LogP contribution < -0.4 is 4.74 Å². The zero-order valence-corrected chi connectivity index (χ0v) is 8.60. The molecule has 0 unspecified atom stereocenters. The van der Waals surface area contributed by atoms with Crippen molar-refractivity contribution >= 4 is 22.2 Å². The first kappa shape index (κ1) is 10.2. The van der Waals surface area contributed by atoms with Crippen molar-refractivity contribution in [3.05, 3.63) is 28.0 Å². The Balaban J connectivity index is 3.20. The van der Waals surface area contributed by atoms with Crippen molar-refractivity contribution in [1.82, 2.24) is 0 Å². The van der Waals surface area contributed by atoms with Crippen LogP contribution in [0.2, 0.25) is 0 Å². The van der Waals surface area contributed by atoms with Gasteiger partial charge in [0, 0.05) is 16.5 Å². The number of halogens is 2. The molecular formula is C9H8BrFO2. The molecule has 0 amide bonds. The van der Waals surface area contributed by atoms with Gasteiger partial charge in [0.1, 0.15) is 6.29 Å². The molecule has 1 aromatic carbocycles. The molecule has 1 rings (SSSR count). The molecule has 0 aliphatic rings. The van der Waals surface area contributed by atoms with Crippen molar-refractivity contribution in [1.29, 1.82) is 0 Å². The van der Waals surface area contributed by atoms with Gasteiger partial charge in [-0.2, -0.15) is 0 Å². The molecule has 1 aromatic rings. The van der Waals surface area contributed by atoms with Gasteiger partial charge < -0.3 is 9.53 Å². The molecule has 70 valence electrons. The van der Waals surface area contributed by atoms with Crippen LogP contribution in [-0.2, 0) is 11.2 Å². The van der Waals surface area contributed by atoms with Gasteiger partial charge in [-0.1, -0.05) is 15.9 Å². The van der Waals surface area contributed by atoms with E-state index in [1.165, 1.54) is 13.2 Å². The number of hydrogen-bond donors (Lipinski definition) is 0. The average Bonchev–Trinajstić information content (AvgIpc) is 2.04. The molecule has 0 heterocycles. The van der Waals surface area contributed by atoms with Gasteiger partial charge in [-0.3, -0.25) is 0 Å². The van der Waals surface area contributed by atoms with Crippen molar-refractivity contribution < 1.29 is 13.9 Å². The standard InChI is InChI=1S/C9H8BrFO2/c1-13-9-6(2-3-12)4-7(10)5-8(9)11/h3-5H,2H2,1H3. The highest BCUT2D eigenvalue weighted by molar-refractivity contribution is 9.10. The van der Waals surface area contributed by atoms with Crippen LogP contribution >= 0.6 is 15.9 Å². The van der Waals surface area contributed by atoms with Crippen LogP contribution in [0, 0.1) is 5.82 Å². The summed E-state index contributed by atoms with van der Waals surface area (Å²) < 4.78 is 18.6. The molecule has 0 bridgehead atoms. The Hall–Kier alpha value is -0.900. The minimum Gasteiger partial charge on any atom is -0.493 e. The first-order valence-electron chi connectivity index (χ1n) is 3.64. The third-order valence-corrected chi connectivity index (χ3v) is 2.05. The summed E-state index contributed by atoms with van der Waals surface area (Å²) in [5.41, 5.74) is 0.546. The summed E-state index contributed by atoms with van der Waals surface area (Å²) in [4.78, 5) is 10.3. The van der Waals surface area contributed by atoms with Crippen molar-refractivity contribution in [2.45, 2.75) is 6.42 Å². The lowest BCUT2D eigenvalue weighted by Gasteiger charge is -2.07. The molecule has 0 aromatic heterocycles. The van der Waals surface area contributed by atoms with E-state index in [9.17, 15) is 9.18 Å². The Kier molecular flexibility index (Phi) is 3.42. The molecular weight excluding hydrogens is 239 g/mol. The maximum absolute atomic E-state index is 13.2. The molecule has 2 nitrogen and oxygen atoms in total. The van der Waals surface area contributed by atoms with Crippen LogP contribution in [0.3, 0.4) is 0 Å². The first-order valence-corrected chi connectivity index (χ1v) is 4.44. The number of hydrogen-bond acceptors (Lipinski definition) is 2. The van der Waals surface area contributed by atoms with E-state index in [1.54, 1.807) is 6.07 Å². The van der Waals surface area contributed by atoms with E-state index >= 15 is 0 Å². The number of carbonyl (C=O) groups excluding carboxylic acids is 1. The lowest BCUT2D eigenvalue weighted by atomic mass is 10.1. The molecule has 0 saturated carbocycles. The molecule has 0 aliphatic carbocycles. The number of rotatable bonds is 3. The van der Waals surface area contributed by atoms with Gasteiger partial charge in [0.05, 0.1) is 7.11 Å². The second kappa shape index (κ2) is 4.37. The van der Waals surface area contributed by atoms with Gasteiger partial charge in [0.25, 0.3) is 0 Å². The Morgan fingerprint density at radius 3 is 2.85 bits per heavy atom. The monoisotopic (exact) mass is 246 g/mol. The van der Waals surface area contributed by atoms with E-state index in [0.717, 1.165) is 0 Å². The number of aldehydes is 1. The van der Waals surface area contributed by atoms with E-state index in [-0.39, 0.29) is 12.2 Å². The predicted molar refractivity (Wildman–Crippen MR) is 50.4 cm³/mol. The minimum absolute atomic E-state index is 0.135. The number of benzene rings is 1. The van der Waals surface area contributed by atoms with Crippen LogP contribution in [0.5, 0.6) is 5.75 Å². The third kappa shape index (κ3) is 2.28. The second-order valence-electron chi connectivity index (χ2n) is 2.45. The Morgan fingerprint density at radius 1 is 1.62 bits per heavy atom. The van der Waals surface area contributed by atoms with Crippen molar-refractivity contribution in [3.63, 3.8) is 0 Å². The normalized spacial score (nSPS) is 9.77. The van der Waals surface area contributed by atoms with Gasteiger partial charge in [-0.05, 0) is 12.1 Å². The van der Waals surface area contributed by atoms with Crippen LogP contribution in [0.25, 0.3) is 0 Å². The molecule has 13 heavy (non-hydrogen) atoms. The van der Waals surface area contributed by atoms with Crippen LogP contribution in [0.4, 0.5) is 4.39 Å². The van der Waals surface area contributed by atoms with Gasteiger partial charge >= 0.3 is 0 Å². The van der Waals surface area contributed by atoms with Gasteiger partial charge in [0.2, 0.25) is 0 Å². The van der Waals surface area contributed by atoms with Crippen molar-refractivity contribution in [3.8, 4) is 5.75 Å². The molecule has 0 radical (unpaired) electrons. The predicted octanol–water partition coefficient (Wildman–Crippen LogP) is 2.34. The third-order valence-electron chi connectivity index (χ3n) is 1.59. The highest BCUT2D eigenvalue weighted by Gasteiger charge is 2.09. The molecule has 0 spiro atoms. The van der Waals surface area contributed by atoms with E-state index < -0.39 is 5.82 Å². The zero-order valence-electron chi connectivity index (χ0n) is 7.01. The lowest BCUT2D eigenvalue weighted by molar-refractivity contribution is -0.107. The fraction of sp³-hybridized carbons (Fsp3) is 0.222. The van der Waals surface area contributed by atoms with Gasteiger partial charge in [-0.15, -0.1) is 0 Å². The molecule has 0 atom stereocenters. The summed E-state index contributed by atoms with van der Waals surface area (Å²) in [7, 11) is 1.38. The molecule has 0 N–H and O–H groups in total. The lowest BCUT2D eigenvalue weighted by Crippen LogP contribution is -1.96. The van der Waals surface area contributed by atoms with Gasteiger partial charge in [-0.25, -0.2) is 4.39 Å². The first-order chi connectivity index (χ1) is 6.19. The fourth-order valence-electron chi connectivity index (χ4n) is 1.08. The molecule has 0 fully saturated rings. The number of ether oxygens (including phenoxy) is 1. The molecule has 4 heteroatoms. The summed E-state index contributed by atoms with van der Waals surface area (Å²) in [6, 6.07) is 2.96. The topological polar surface area (TPSA) is 26.3 Å². The highest BCUT2D eigenvalue weighted by atomic mass is 79.9. The average molecular weight is 247 g/mol. The van der Waals surface area contributed by atoms with Crippen molar-refractivity contribution in [2.24, 2.45) is 0 Å². The summed E-state index contributed by atoms with van der Waals surface area (Å²) in [5.74, 6) is -0.330. The summed E-state index contributed by atoms with van der Waals surface area (Å²) >= 11 is 3.13. The van der Waals surface area contributed by atoms with Crippen molar-refractivity contribution in [2.75, 3.05) is 7.11 Å². The van der Waals surface area contributed by atoms with Gasteiger partial charge in [0.15, 0.2) is 11.6 Å². The Bertz CT molecular complexity index is 326. The molecule has 0 saturated heterocycles. The quantitative estimate of drug-likeness (QED) is 0.766. The highest BCUT2D eigenvalue weighted by Crippen LogP contribution is 2.26. The number of carbonyl (C=O) groups is 1. The Morgan fingerprint density at radius 2 is 2.31 bits per heavy atom. The van der Waals surface area contributed by atoms with E-state index in [4.69, 9.17) is 4.74 Å². The Labute approximate surface area is 83.8 Å². The van der Waals surface area contributed by atoms with E-state index in [2.05, 4.69) is 15.9 Å². The second-order valence-corrected chi connectivity index (χ2v) is 3.37. The summed E-state index contributed by atoms with van der Waals surface area (Å²) in [6.07, 6.45) is 0.864. The summed E-state index contributed by atoms with van der Waals surface area (Å²) in [6.45, 7) is 0. The maximum atomic E-state index is 13.2. The van der Waals surface area contributed by atoms with Crippen LogP contribution in [-0.4, -0.2) is 13.4 Å². The molecule has 0 aliphatic heterocycles. The minimum atomic E-state index is -0.464. The van der Waals surface area contributed by atoms with Crippen LogP contribution in [0.15, 0.2) is 16.6 Å². The maximum Gasteiger partial charge on any atom is 0.166 e. The smallest absolute Gasteiger partial charge is 0.166 e. The van der Waals surface area contributed by atoms with Crippen LogP contribution in [0.1, 0.15) is 5.56 Å². The SMILES string of the molecule is COc1c(F)cc(Br)cc1CC=O. The largest absolute Gasteiger partial charge is 0.493 e. The number of methoxy groups -OCH3 is 1. The van der Waals surface area contributed by atoms with E-state index in [1.807, 2.05) is 0 Å². The summed E-state index contributed by atoms with van der Waals surface area (Å²) in [5, 5.41) is 0. The zero-order chi connectivity index (χ0) is 9.84. The fourth-order valence-corrected chi connectivity index (χ4v) is 1.56.